The molecule has 0 aliphatic rings. The third-order valence-electron chi connectivity index (χ3n) is 2.56. The Bertz CT molecular complexity index is 557. The van der Waals surface area contributed by atoms with Crippen molar-refractivity contribution in [3.05, 3.63) is 24.5 Å². The summed E-state index contributed by atoms with van der Waals surface area (Å²) in [6, 6.07) is 1.03. The number of ether oxygens (including phenoxy) is 1. The number of hydrogen-bond donors (Lipinski definition) is 0. The zero-order valence-electron chi connectivity index (χ0n) is 10.8. The molecule has 0 N–H and O–H groups in total. The Labute approximate surface area is 106 Å². The van der Waals surface area contributed by atoms with Gasteiger partial charge in [0.15, 0.2) is 5.82 Å². The maximum atomic E-state index is 13.5. The van der Waals surface area contributed by atoms with Crippen LogP contribution < -0.4 is 4.74 Å². The summed E-state index contributed by atoms with van der Waals surface area (Å²) in [6.07, 6.45) is 3.98. The zero-order valence-corrected chi connectivity index (χ0v) is 11.8. The highest BCUT2D eigenvalue weighted by Crippen LogP contribution is 2.22. The molecule has 0 bridgehead atoms. The monoisotopic (exact) mass is 265 g/mol. The summed E-state index contributed by atoms with van der Waals surface area (Å²) in [5.41, 5.74) is 0.253. The van der Waals surface area contributed by atoms with Crippen LogP contribution in [-0.2, 0) is 0 Å². The van der Waals surface area contributed by atoms with Crippen molar-refractivity contribution in [3.8, 4) is 5.88 Å². The molecule has 0 atom stereocenters. The molecular formula is C12H16FN3OSi. The second-order valence-electron chi connectivity index (χ2n) is 5.36. The van der Waals surface area contributed by atoms with E-state index in [-0.39, 0.29) is 5.52 Å². The van der Waals surface area contributed by atoms with E-state index in [1.807, 2.05) is 0 Å². The first-order valence-corrected chi connectivity index (χ1v) is 9.55. The molecular weight excluding hydrogens is 249 g/mol. The Morgan fingerprint density at radius 1 is 1.22 bits per heavy atom. The van der Waals surface area contributed by atoms with E-state index in [2.05, 4.69) is 34.6 Å². The minimum Gasteiger partial charge on any atom is -0.477 e. The highest BCUT2D eigenvalue weighted by atomic mass is 28.3. The summed E-state index contributed by atoms with van der Waals surface area (Å²) in [7, 11) is -1.15. The lowest BCUT2D eigenvalue weighted by Crippen LogP contribution is -2.22. The van der Waals surface area contributed by atoms with Gasteiger partial charge in [0.1, 0.15) is 11.8 Å². The molecule has 2 aromatic rings. The fraction of sp³-hybridized carbons (Fsp3) is 0.417. The van der Waals surface area contributed by atoms with Gasteiger partial charge in [0, 0.05) is 14.3 Å². The van der Waals surface area contributed by atoms with Gasteiger partial charge in [0.2, 0.25) is 5.88 Å². The molecule has 0 aliphatic carbocycles. The normalized spacial score (nSPS) is 11.8. The van der Waals surface area contributed by atoms with E-state index in [4.69, 9.17) is 4.74 Å². The van der Waals surface area contributed by atoms with E-state index in [1.54, 1.807) is 0 Å². The van der Waals surface area contributed by atoms with Crippen LogP contribution in [0.2, 0.25) is 25.7 Å². The molecule has 0 aliphatic heterocycles. The van der Waals surface area contributed by atoms with Gasteiger partial charge in [-0.3, -0.25) is 4.98 Å². The first-order chi connectivity index (χ1) is 8.47. The fourth-order valence-corrected chi connectivity index (χ4v) is 2.21. The molecule has 6 heteroatoms. The van der Waals surface area contributed by atoms with Crippen molar-refractivity contribution in [2.24, 2.45) is 0 Å². The summed E-state index contributed by atoms with van der Waals surface area (Å²) < 4.78 is 19.1. The third kappa shape index (κ3) is 3.01. The van der Waals surface area contributed by atoms with Crippen LogP contribution in [0.1, 0.15) is 0 Å². The average Bonchev–Trinajstić information content (AvgIpc) is 2.29. The molecule has 0 saturated heterocycles. The van der Waals surface area contributed by atoms with Crippen molar-refractivity contribution in [3.63, 3.8) is 0 Å². The van der Waals surface area contributed by atoms with Gasteiger partial charge in [0.25, 0.3) is 0 Å². The van der Waals surface area contributed by atoms with Crippen LogP contribution in [-0.4, -0.2) is 29.6 Å². The number of rotatable bonds is 4. The third-order valence-corrected chi connectivity index (χ3v) is 4.26. The smallest absolute Gasteiger partial charge is 0.226 e. The van der Waals surface area contributed by atoms with Gasteiger partial charge >= 0.3 is 0 Å². The summed E-state index contributed by atoms with van der Waals surface area (Å²) in [5.74, 6) is -0.0461. The maximum Gasteiger partial charge on any atom is 0.226 e. The van der Waals surface area contributed by atoms with Crippen molar-refractivity contribution in [2.45, 2.75) is 25.7 Å². The standard InChI is InChI=1S/C12H16FN3OSi/c1-18(2,3)5-4-17-12-9-6-14-7-10(13)11(9)15-8-16-12/h6-8H,4-5H2,1-3H3. The molecule has 0 amide bonds. The van der Waals surface area contributed by atoms with Crippen LogP contribution in [0.15, 0.2) is 18.7 Å². The lowest BCUT2D eigenvalue weighted by atomic mass is 10.3. The predicted molar refractivity (Wildman–Crippen MR) is 70.9 cm³/mol. The Morgan fingerprint density at radius 2 is 2.00 bits per heavy atom. The summed E-state index contributed by atoms with van der Waals surface area (Å²) in [6.45, 7) is 7.42. The van der Waals surface area contributed by atoms with Gasteiger partial charge in [0.05, 0.1) is 18.2 Å². The lowest BCUT2D eigenvalue weighted by Gasteiger charge is -2.15. The van der Waals surface area contributed by atoms with Crippen LogP contribution in [0, 0.1) is 5.82 Å². The van der Waals surface area contributed by atoms with Crippen molar-refractivity contribution >= 4 is 19.0 Å². The molecule has 0 radical (unpaired) electrons. The fourth-order valence-electron chi connectivity index (χ4n) is 1.49. The van der Waals surface area contributed by atoms with E-state index >= 15 is 0 Å². The zero-order chi connectivity index (χ0) is 13.2. The molecule has 96 valence electrons. The molecule has 4 nitrogen and oxygen atoms in total. The first kappa shape index (κ1) is 12.9. The minimum absolute atomic E-state index is 0.253. The number of nitrogens with zero attached hydrogens (tertiary/aromatic N) is 3. The van der Waals surface area contributed by atoms with Crippen LogP contribution >= 0.6 is 0 Å². The van der Waals surface area contributed by atoms with Crippen LogP contribution in [0.4, 0.5) is 4.39 Å². The summed E-state index contributed by atoms with van der Waals surface area (Å²) >= 11 is 0. The van der Waals surface area contributed by atoms with E-state index in [9.17, 15) is 4.39 Å². The first-order valence-electron chi connectivity index (χ1n) is 5.84. The van der Waals surface area contributed by atoms with Crippen LogP contribution in [0.25, 0.3) is 10.9 Å². The van der Waals surface area contributed by atoms with Gasteiger partial charge in [-0.1, -0.05) is 19.6 Å². The van der Waals surface area contributed by atoms with Crippen molar-refractivity contribution in [1.82, 2.24) is 15.0 Å². The Morgan fingerprint density at radius 3 is 2.72 bits per heavy atom. The van der Waals surface area contributed by atoms with E-state index in [1.165, 1.54) is 12.5 Å². The van der Waals surface area contributed by atoms with Crippen molar-refractivity contribution in [1.29, 1.82) is 0 Å². The lowest BCUT2D eigenvalue weighted by molar-refractivity contribution is 0.328. The second-order valence-corrected chi connectivity index (χ2v) is 11.0. The highest BCUT2D eigenvalue weighted by Gasteiger charge is 2.14. The second kappa shape index (κ2) is 4.97. The molecule has 2 rings (SSSR count). The van der Waals surface area contributed by atoms with Crippen molar-refractivity contribution in [2.75, 3.05) is 6.61 Å². The maximum absolute atomic E-state index is 13.5. The molecule has 2 heterocycles. The van der Waals surface area contributed by atoms with Gasteiger partial charge in [-0.25, -0.2) is 14.4 Å². The summed E-state index contributed by atoms with van der Waals surface area (Å²) in [4.78, 5) is 11.7. The largest absolute Gasteiger partial charge is 0.477 e. The van der Waals surface area contributed by atoms with Crippen LogP contribution in [0.3, 0.4) is 0 Å². The summed E-state index contributed by atoms with van der Waals surface area (Å²) in [5, 5.41) is 0.521. The minimum atomic E-state index is -1.15. The quantitative estimate of drug-likeness (QED) is 0.798. The average molecular weight is 265 g/mol. The predicted octanol–water partition coefficient (Wildman–Crippen LogP) is 2.88. The van der Waals surface area contributed by atoms with Gasteiger partial charge in [-0.15, -0.1) is 0 Å². The van der Waals surface area contributed by atoms with Gasteiger partial charge in [-0.05, 0) is 6.04 Å². The molecule has 0 saturated carbocycles. The van der Waals surface area contributed by atoms with E-state index < -0.39 is 13.9 Å². The SMILES string of the molecule is C[Si](C)(C)CCOc1ncnc2c(F)cncc12. The van der Waals surface area contributed by atoms with Gasteiger partial charge in [-0.2, -0.15) is 0 Å². The highest BCUT2D eigenvalue weighted by molar-refractivity contribution is 6.76. The Kier molecular flexibility index (Phi) is 3.56. The molecule has 0 unspecified atom stereocenters. The molecule has 0 fully saturated rings. The molecule has 18 heavy (non-hydrogen) atoms. The molecule has 2 aromatic heterocycles. The van der Waals surface area contributed by atoms with E-state index in [0.717, 1.165) is 12.2 Å². The van der Waals surface area contributed by atoms with E-state index in [0.29, 0.717) is 17.9 Å². The number of halogens is 1. The topological polar surface area (TPSA) is 47.9 Å². The van der Waals surface area contributed by atoms with Gasteiger partial charge < -0.3 is 4.74 Å². The molecule has 0 spiro atoms. The van der Waals surface area contributed by atoms with Crippen LogP contribution in [0.5, 0.6) is 5.88 Å². The number of aromatic nitrogens is 3. The Balaban J connectivity index is 2.21. The number of hydrogen-bond acceptors (Lipinski definition) is 4. The number of pyridine rings is 1. The number of fused-ring (bicyclic) bond motifs is 1. The molecule has 0 aromatic carbocycles. The Hall–Kier alpha value is -1.56. The van der Waals surface area contributed by atoms with Crippen molar-refractivity contribution < 1.29 is 9.13 Å².